The second kappa shape index (κ2) is 6.64. The molecule has 0 heterocycles. The molecule has 0 aliphatic rings. The van der Waals surface area contributed by atoms with Crippen LogP contribution in [0.2, 0.25) is 0 Å². The molecule has 0 aliphatic heterocycles. The monoisotopic (exact) mass is 284 g/mol. The van der Waals surface area contributed by atoms with Gasteiger partial charge in [0.15, 0.2) is 5.87 Å². The molecule has 2 aromatic carbocycles. The van der Waals surface area contributed by atoms with Gasteiger partial charge in [0.25, 0.3) is 0 Å². The lowest BCUT2D eigenvalue weighted by atomic mass is 10.00. The van der Waals surface area contributed by atoms with Crippen LogP contribution in [-0.4, -0.2) is 28.6 Å². The third-order valence-corrected chi connectivity index (χ3v) is 3.07. The van der Waals surface area contributed by atoms with Gasteiger partial charge in [-0.15, -0.1) is 0 Å². The van der Waals surface area contributed by atoms with E-state index in [0.29, 0.717) is 5.56 Å². The fourth-order valence-electron chi connectivity index (χ4n) is 1.90. The van der Waals surface area contributed by atoms with Gasteiger partial charge in [-0.1, -0.05) is 30.3 Å². The zero-order valence-corrected chi connectivity index (χ0v) is 11.5. The number of hydrogen-bond donors (Lipinski definition) is 1. The summed E-state index contributed by atoms with van der Waals surface area (Å²) < 4.78 is 14.5. The Balaban J connectivity index is 2.33. The van der Waals surface area contributed by atoms with Crippen LogP contribution in [0.15, 0.2) is 60.7 Å². The Hall–Kier alpha value is -2.71. The minimum atomic E-state index is -0.943. The highest BCUT2D eigenvalue weighted by atomic mass is 19.1. The molecule has 1 unspecified atom stereocenters. The van der Waals surface area contributed by atoms with Gasteiger partial charge in [0, 0.05) is 18.2 Å². The topological polar surface area (TPSA) is 40.3 Å². The summed E-state index contributed by atoms with van der Waals surface area (Å²) in [4.78, 5) is 11.4. The van der Waals surface area contributed by atoms with Crippen molar-refractivity contribution in [3.05, 3.63) is 72.1 Å². The molecule has 3 nitrogen and oxygen atoms in total. The summed E-state index contributed by atoms with van der Waals surface area (Å²) in [5.41, 5.74) is 1.41. The molecule has 1 N–H and O–H groups in total. The van der Waals surface area contributed by atoms with Crippen LogP contribution < -0.4 is 0 Å². The normalized spacial score (nSPS) is 11.3. The summed E-state index contributed by atoms with van der Waals surface area (Å²) in [5.74, 6) is 0.875. The van der Waals surface area contributed by atoms with Crippen LogP contribution >= 0.6 is 0 Å². The molecule has 4 heteroatoms. The summed E-state index contributed by atoms with van der Waals surface area (Å²) in [5, 5.41) is 9.31. The number of carboxylic acids is 1. The van der Waals surface area contributed by atoms with E-state index in [1.807, 2.05) is 6.07 Å². The summed E-state index contributed by atoms with van der Waals surface area (Å²) in [6.07, 6.45) is 1.49. The first-order valence-corrected chi connectivity index (χ1v) is 6.44. The summed E-state index contributed by atoms with van der Waals surface area (Å²) in [7, 11) is 1.73. The second-order valence-electron chi connectivity index (χ2n) is 4.56. The van der Waals surface area contributed by atoms with Gasteiger partial charge in [-0.05, 0) is 17.7 Å². The highest BCUT2D eigenvalue weighted by molar-refractivity contribution is 5.81. The first kappa shape index (κ1) is 14.7. The van der Waals surface area contributed by atoms with E-state index >= 15 is 0 Å². The van der Waals surface area contributed by atoms with Crippen LogP contribution in [0.4, 0.5) is 10.1 Å². The SMILES string of the molecule is C[N+](=C=CC(C(=O)O)c1ccccc1)c1ccc(F)cc1. The molecular weight excluding hydrogens is 269 g/mol. The highest BCUT2D eigenvalue weighted by Crippen LogP contribution is 2.16. The van der Waals surface area contributed by atoms with Gasteiger partial charge in [-0.2, -0.15) is 4.58 Å². The molecule has 1 atom stereocenters. The minimum Gasteiger partial charge on any atom is -0.481 e. The summed E-state index contributed by atoms with van der Waals surface area (Å²) in [6.45, 7) is 0. The zero-order valence-electron chi connectivity index (χ0n) is 11.5. The van der Waals surface area contributed by atoms with Gasteiger partial charge in [-0.25, -0.2) is 4.39 Å². The van der Waals surface area contributed by atoms with E-state index in [4.69, 9.17) is 0 Å². The molecular formula is C17H15FNO2+. The second-order valence-corrected chi connectivity index (χ2v) is 4.56. The number of hydrogen-bond acceptors (Lipinski definition) is 1. The third kappa shape index (κ3) is 3.88. The maximum absolute atomic E-state index is 12.9. The molecule has 0 spiro atoms. The Morgan fingerprint density at radius 2 is 1.81 bits per heavy atom. The van der Waals surface area contributed by atoms with Crippen LogP contribution in [0, 0.1) is 5.82 Å². The van der Waals surface area contributed by atoms with E-state index in [0.717, 1.165) is 5.69 Å². The maximum Gasteiger partial charge on any atom is 0.315 e. The molecule has 0 bridgehead atoms. The smallest absolute Gasteiger partial charge is 0.315 e. The molecule has 0 amide bonds. The van der Waals surface area contributed by atoms with Crippen molar-refractivity contribution in [1.82, 2.24) is 0 Å². The predicted octanol–water partition coefficient (Wildman–Crippen LogP) is 3.19. The van der Waals surface area contributed by atoms with E-state index in [1.54, 1.807) is 48.0 Å². The van der Waals surface area contributed by atoms with Gasteiger partial charge in [-0.3, -0.25) is 4.79 Å². The van der Waals surface area contributed by atoms with E-state index in [2.05, 4.69) is 5.87 Å². The molecule has 0 aromatic heterocycles. The predicted molar refractivity (Wildman–Crippen MR) is 78.6 cm³/mol. The van der Waals surface area contributed by atoms with Gasteiger partial charge in [0.2, 0.25) is 5.69 Å². The van der Waals surface area contributed by atoms with Crippen LogP contribution in [0.1, 0.15) is 11.5 Å². The lowest BCUT2D eigenvalue weighted by Crippen LogP contribution is -2.09. The van der Waals surface area contributed by atoms with Crippen molar-refractivity contribution in [2.45, 2.75) is 5.92 Å². The van der Waals surface area contributed by atoms with Crippen molar-refractivity contribution in [3.63, 3.8) is 0 Å². The molecule has 0 saturated carbocycles. The third-order valence-electron chi connectivity index (χ3n) is 3.07. The molecule has 2 rings (SSSR count). The molecule has 0 fully saturated rings. The first-order valence-electron chi connectivity index (χ1n) is 6.44. The minimum absolute atomic E-state index is 0.316. The van der Waals surface area contributed by atoms with Crippen molar-refractivity contribution in [1.29, 1.82) is 0 Å². The van der Waals surface area contributed by atoms with Gasteiger partial charge in [0.1, 0.15) is 18.8 Å². The average Bonchev–Trinajstić information content (AvgIpc) is 2.48. The zero-order chi connectivity index (χ0) is 15.2. The number of carboxylic acid groups (broad SMARTS) is 1. The fraction of sp³-hybridized carbons (Fsp3) is 0.118. The Morgan fingerprint density at radius 3 is 2.38 bits per heavy atom. The molecule has 0 radical (unpaired) electrons. The van der Waals surface area contributed by atoms with Crippen molar-refractivity contribution >= 4 is 17.5 Å². The van der Waals surface area contributed by atoms with E-state index < -0.39 is 11.9 Å². The number of carbonyl (C=O) groups is 1. The maximum atomic E-state index is 12.9. The Morgan fingerprint density at radius 1 is 1.19 bits per heavy atom. The Bertz CT molecular complexity index is 686. The van der Waals surface area contributed by atoms with Crippen molar-refractivity contribution in [2.24, 2.45) is 0 Å². The lowest BCUT2D eigenvalue weighted by Gasteiger charge is -2.04. The lowest BCUT2D eigenvalue weighted by molar-refractivity contribution is -0.396. The van der Waals surface area contributed by atoms with E-state index in [9.17, 15) is 14.3 Å². The largest absolute Gasteiger partial charge is 0.481 e. The summed E-state index contributed by atoms with van der Waals surface area (Å²) >= 11 is 0. The van der Waals surface area contributed by atoms with Crippen LogP contribution in [0.5, 0.6) is 0 Å². The average molecular weight is 284 g/mol. The quantitative estimate of drug-likeness (QED) is 0.692. The standard InChI is InChI=1S/C17H14FNO2/c1-19(15-9-7-14(18)8-10-15)12-11-16(17(20)21)13-5-3-2-4-6-13/h2-11,16H,1H3/p+1. The number of nitrogens with zero attached hydrogens (tertiary/aromatic N) is 1. The Kier molecular flexibility index (Phi) is 4.64. The fourth-order valence-corrected chi connectivity index (χ4v) is 1.90. The number of rotatable bonds is 4. The number of halogens is 1. The van der Waals surface area contributed by atoms with Crippen LogP contribution in [0.25, 0.3) is 0 Å². The van der Waals surface area contributed by atoms with Crippen molar-refractivity contribution in [2.75, 3.05) is 7.05 Å². The van der Waals surface area contributed by atoms with E-state index in [-0.39, 0.29) is 5.82 Å². The van der Waals surface area contributed by atoms with Crippen molar-refractivity contribution in [3.8, 4) is 0 Å². The molecule has 0 aliphatic carbocycles. The number of aliphatic carboxylic acids is 1. The van der Waals surface area contributed by atoms with Gasteiger partial charge < -0.3 is 5.11 Å². The first-order chi connectivity index (χ1) is 10.1. The van der Waals surface area contributed by atoms with Crippen molar-refractivity contribution < 1.29 is 18.9 Å². The molecule has 21 heavy (non-hydrogen) atoms. The summed E-state index contributed by atoms with van der Waals surface area (Å²) in [6, 6.07) is 14.8. The molecule has 0 saturated heterocycles. The van der Waals surface area contributed by atoms with Crippen LogP contribution in [0.3, 0.4) is 0 Å². The van der Waals surface area contributed by atoms with Gasteiger partial charge >= 0.3 is 5.97 Å². The molecule has 2 aromatic rings. The highest BCUT2D eigenvalue weighted by Gasteiger charge is 2.17. The van der Waals surface area contributed by atoms with Gasteiger partial charge in [0.05, 0.1) is 0 Å². The van der Waals surface area contributed by atoms with E-state index in [1.165, 1.54) is 18.2 Å². The van der Waals surface area contributed by atoms with Crippen LogP contribution in [-0.2, 0) is 4.79 Å². The Labute approximate surface area is 122 Å². The molecule has 106 valence electrons. The number of benzene rings is 2.